The van der Waals surface area contributed by atoms with E-state index in [9.17, 15) is 18.0 Å². The van der Waals surface area contributed by atoms with Crippen LogP contribution in [0.25, 0.3) is 27.5 Å². The van der Waals surface area contributed by atoms with E-state index in [4.69, 9.17) is 0 Å². The number of anilines is 1. The number of nitrogens with one attached hydrogen (secondary N) is 2. The van der Waals surface area contributed by atoms with Crippen molar-refractivity contribution in [1.82, 2.24) is 20.1 Å². The lowest BCUT2D eigenvalue weighted by molar-refractivity contribution is -0.137. The van der Waals surface area contributed by atoms with Crippen molar-refractivity contribution in [3.8, 4) is 5.69 Å². The number of aromatic nitrogens is 3. The number of para-hydroxylation sites is 1. The zero-order valence-corrected chi connectivity index (χ0v) is 16.5. The number of rotatable bonds is 2. The molecule has 2 N–H and O–H groups in total. The molecule has 6 nitrogen and oxygen atoms in total. The van der Waals surface area contributed by atoms with Crippen LogP contribution in [0.2, 0.25) is 0 Å². The highest BCUT2D eigenvalue weighted by Gasteiger charge is 2.33. The lowest BCUT2D eigenvalue weighted by atomic mass is 10.1. The first-order chi connectivity index (χ1) is 14.9. The molecule has 0 spiro atoms. The normalized spacial score (nSPS) is 15.5. The number of H-pyrrole nitrogens is 1. The highest BCUT2D eigenvalue weighted by atomic mass is 19.4. The Bertz CT molecular complexity index is 1300. The van der Waals surface area contributed by atoms with Gasteiger partial charge in [-0.1, -0.05) is 18.2 Å². The molecule has 0 bridgehead atoms. The number of fused-ring (bicyclic) bond motifs is 3. The van der Waals surface area contributed by atoms with Gasteiger partial charge in [0.15, 0.2) is 0 Å². The molecular formula is C22H20F3N5O. The van der Waals surface area contributed by atoms with Gasteiger partial charge in [0.1, 0.15) is 0 Å². The van der Waals surface area contributed by atoms with Gasteiger partial charge in [-0.25, -0.2) is 4.68 Å². The first-order valence-electron chi connectivity index (χ1n) is 10.1. The van der Waals surface area contributed by atoms with Crippen molar-refractivity contribution in [1.29, 1.82) is 0 Å². The fourth-order valence-corrected chi connectivity index (χ4v) is 4.10. The molecule has 160 valence electrons. The number of hydrogen-bond acceptors (Lipinski definition) is 4. The number of halogens is 3. The molecule has 0 amide bonds. The molecule has 0 radical (unpaired) electrons. The Balaban J connectivity index is 1.80. The number of hydrogen-bond donors (Lipinski definition) is 2. The van der Waals surface area contributed by atoms with Gasteiger partial charge in [-0.05, 0) is 37.2 Å². The van der Waals surface area contributed by atoms with E-state index in [0.29, 0.717) is 42.0 Å². The van der Waals surface area contributed by atoms with Crippen molar-refractivity contribution in [3.05, 3.63) is 64.6 Å². The van der Waals surface area contributed by atoms with E-state index >= 15 is 0 Å². The average molecular weight is 427 g/mol. The fraction of sp³-hybridized carbons (Fsp3) is 0.273. The molecule has 2 aromatic heterocycles. The Morgan fingerprint density at radius 2 is 1.81 bits per heavy atom. The molecule has 31 heavy (non-hydrogen) atoms. The van der Waals surface area contributed by atoms with E-state index in [-0.39, 0.29) is 16.3 Å². The summed E-state index contributed by atoms with van der Waals surface area (Å²) in [4.78, 5) is 19.3. The first kappa shape index (κ1) is 19.6. The van der Waals surface area contributed by atoms with E-state index in [2.05, 4.69) is 15.4 Å². The summed E-state index contributed by atoms with van der Waals surface area (Å²) in [5, 5.41) is 6.81. The molecule has 9 heteroatoms. The molecule has 1 aliphatic rings. The summed E-state index contributed by atoms with van der Waals surface area (Å²) in [6.07, 6.45) is -2.25. The van der Waals surface area contributed by atoms with Gasteiger partial charge in [0.05, 0.1) is 33.4 Å². The van der Waals surface area contributed by atoms with E-state index in [1.165, 1.54) is 16.9 Å². The van der Waals surface area contributed by atoms with Crippen LogP contribution in [0.5, 0.6) is 0 Å². The third-order valence-corrected chi connectivity index (χ3v) is 5.63. The van der Waals surface area contributed by atoms with Gasteiger partial charge in [0.2, 0.25) is 0 Å². The van der Waals surface area contributed by atoms with Crippen LogP contribution in [-0.4, -0.2) is 40.9 Å². The topological polar surface area (TPSA) is 66.0 Å². The molecule has 5 rings (SSSR count). The third-order valence-electron chi connectivity index (χ3n) is 5.63. The Labute approximate surface area is 175 Å². The molecular weight excluding hydrogens is 407 g/mol. The van der Waals surface area contributed by atoms with Crippen molar-refractivity contribution in [2.75, 3.05) is 31.1 Å². The smallest absolute Gasteiger partial charge is 0.368 e. The highest BCUT2D eigenvalue weighted by Crippen LogP contribution is 2.38. The van der Waals surface area contributed by atoms with Gasteiger partial charge in [0, 0.05) is 31.2 Å². The minimum atomic E-state index is -4.52. The molecule has 1 aliphatic heterocycles. The molecule has 1 saturated heterocycles. The van der Waals surface area contributed by atoms with Gasteiger partial charge in [0.25, 0.3) is 5.56 Å². The maximum Gasteiger partial charge on any atom is 0.416 e. The molecule has 0 unspecified atom stereocenters. The number of aromatic amines is 1. The van der Waals surface area contributed by atoms with E-state index < -0.39 is 11.7 Å². The number of alkyl halides is 3. The molecule has 0 atom stereocenters. The summed E-state index contributed by atoms with van der Waals surface area (Å²) >= 11 is 0. The minimum absolute atomic E-state index is 0.249. The van der Waals surface area contributed by atoms with Crippen LogP contribution in [-0.2, 0) is 6.18 Å². The second kappa shape index (κ2) is 7.42. The van der Waals surface area contributed by atoms with Crippen LogP contribution >= 0.6 is 0 Å². The van der Waals surface area contributed by atoms with Gasteiger partial charge >= 0.3 is 6.18 Å². The predicted octanol–water partition coefficient (Wildman–Crippen LogP) is 3.69. The number of nitrogens with zero attached hydrogens (tertiary/aromatic N) is 3. The standard InChI is InChI=1S/C22H20F3N5O/c23-22(24,25)14-11-16-19-17(21(31)30(28-19)15-5-2-1-3-6-15)13-27-20(16)18(12-14)29-9-4-7-26-8-10-29/h1-3,5-6,11-13,26,28H,4,7-10H2. The van der Waals surface area contributed by atoms with Crippen LogP contribution in [0.15, 0.2) is 53.5 Å². The first-order valence-corrected chi connectivity index (χ1v) is 10.1. The Hall–Kier alpha value is -3.33. The molecule has 3 heterocycles. The van der Waals surface area contributed by atoms with Gasteiger partial charge < -0.3 is 10.2 Å². The van der Waals surface area contributed by atoms with E-state index in [1.54, 1.807) is 24.3 Å². The lowest BCUT2D eigenvalue weighted by Gasteiger charge is -2.24. The summed E-state index contributed by atoms with van der Waals surface area (Å²) in [6.45, 7) is 2.71. The van der Waals surface area contributed by atoms with Crippen LogP contribution in [0, 0.1) is 0 Å². The van der Waals surface area contributed by atoms with Crippen LogP contribution in [0.1, 0.15) is 12.0 Å². The molecule has 0 aliphatic carbocycles. The van der Waals surface area contributed by atoms with Gasteiger partial charge in [-0.15, -0.1) is 0 Å². The van der Waals surface area contributed by atoms with Gasteiger partial charge in [-0.3, -0.25) is 14.9 Å². The summed E-state index contributed by atoms with van der Waals surface area (Å²) in [7, 11) is 0. The monoisotopic (exact) mass is 427 g/mol. The van der Waals surface area contributed by atoms with Crippen molar-refractivity contribution in [3.63, 3.8) is 0 Å². The largest absolute Gasteiger partial charge is 0.416 e. The minimum Gasteiger partial charge on any atom is -0.368 e. The van der Waals surface area contributed by atoms with Gasteiger partial charge in [-0.2, -0.15) is 13.2 Å². The predicted molar refractivity (Wildman–Crippen MR) is 114 cm³/mol. The number of benzene rings is 2. The fourth-order valence-electron chi connectivity index (χ4n) is 4.10. The maximum absolute atomic E-state index is 13.8. The third kappa shape index (κ3) is 3.44. The quantitative estimate of drug-likeness (QED) is 0.512. The van der Waals surface area contributed by atoms with Crippen LogP contribution in [0.3, 0.4) is 0 Å². The van der Waals surface area contributed by atoms with Crippen LogP contribution < -0.4 is 15.8 Å². The Morgan fingerprint density at radius 3 is 2.58 bits per heavy atom. The second-order valence-corrected chi connectivity index (χ2v) is 7.61. The summed E-state index contributed by atoms with van der Waals surface area (Å²) in [6, 6.07) is 11.2. The van der Waals surface area contributed by atoms with Crippen molar-refractivity contribution in [2.24, 2.45) is 0 Å². The highest BCUT2D eigenvalue weighted by molar-refractivity contribution is 6.07. The van der Waals surface area contributed by atoms with Crippen LogP contribution in [0.4, 0.5) is 18.9 Å². The molecule has 0 saturated carbocycles. The zero-order chi connectivity index (χ0) is 21.6. The molecule has 1 fully saturated rings. The Kier molecular flexibility index (Phi) is 4.70. The SMILES string of the molecule is O=c1c2cnc3c(N4CCCNCC4)cc(C(F)(F)F)cc3c2[nH]n1-c1ccccc1. The summed E-state index contributed by atoms with van der Waals surface area (Å²) in [5.41, 5.74) is 0.720. The summed E-state index contributed by atoms with van der Waals surface area (Å²) < 4.78 is 42.6. The van der Waals surface area contributed by atoms with Crippen molar-refractivity contribution in [2.45, 2.75) is 12.6 Å². The second-order valence-electron chi connectivity index (χ2n) is 7.61. The summed E-state index contributed by atoms with van der Waals surface area (Å²) in [5.74, 6) is 0. The molecule has 2 aromatic carbocycles. The number of pyridine rings is 1. The maximum atomic E-state index is 13.8. The average Bonchev–Trinajstić information content (AvgIpc) is 2.92. The lowest BCUT2D eigenvalue weighted by Crippen LogP contribution is -2.28. The zero-order valence-electron chi connectivity index (χ0n) is 16.5. The Morgan fingerprint density at radius 1 is 1.00 bits per heavy atom. The molecule has 4 aromatic rings. The van der Waals surface area contributed by atoms with E-state index in [0.717, 1.165) is 19.0 Å². The van der Waals surface area contributed by atoms with Crippen molar-refractivity contribution < 1.29 is 13.2 Å². The van der Waals surface area contributed by atoms with E-state index in [1.807, 2.05) is 11.0 Å². The van der Waals surface area contributed by atoms with Crippen molar-refractivity contribution >= 4 is 27.5 Å².